The molecule has 3 N–H and O–H groups in total. The Hall–Kier alpha value is -1.26. The van der Waals surface area contributed by atoms with Crippen molar-refractivity contribution in [2.45, 2.75) is 45.3 Å². The van der Waals surface area contributed by atoms with E-state index in [-0.39, 0.29) is 11.8 Å². The molecule has 0 aliphatic heterocycles. The highest BCUT2D eigenvalue weighted by atomic mass is 16.5. The standard InChI is InChI=1S/C15H25NO3/c1-5-8-15(3,18)10-16-11(2)13-9-12(19-4)6-7-14(13)17/h6-7,9,11,16-18H,5,8,10H2,1-4H3. The third kappa shape index (κ3) is 4.73. The van der Waals surface area contributed by atoms with E-state index in [1.807, 2.05) is 26.8 Å². The minimum Gasteiger partial charge on any atom is -0.508 e. The zero-order valence-electron chi connectivity index (χ0n) is 12.2. The molecule has 1 rings (SSSR count). The van der Waals surface area contributed by atoms with Gasteiger partial charge in [-0.2, -0.15) is 0 Å². The Morgan fingerprint density at radius 3 is 2.68 bits per heavy atom. The highest BCUT2D eigenvalue weighted by Gasteiger charge is 2.21. The molecule has 0 radical (unpaired) electrons. The lowest BCUT2D eigenvalue weighted by molar-refractivity contribution is 0.0476. The van der Waals surface area contributed by atoms with Crippen LogP contribution in [0.15, 0.2) is 18.2 Å². The van der Waals surface area contributed by atoms with Crippen LogP contribution in [-0.2, 0) is 0 Å². The summed E-state index contributed by atoms with van der Waals surface area (Å²) in [6.45, 7) is 6.31. The number of phenols is 1. The predicted octanol–water partition coefficient (Wildman–Crippen LogP) is 2.60. The molecule has 0 amide bonds. The molecule has 0 saturated carbocycles. The van der Waals surface area contributed by atoms with Crippen LogP contribution in [0, 0.1) is 0 Å². The van der Waals surface area contributed by atoms with Crippen molar-refractivity contribution in [2.24, 2.45) is 0 Å². The summed E-state index contributed by atoms with van der Waals surface area (Å²) in [5.74, 6) is 0.942. The van der Waals surface area contributed by atoms with Gasteiger partial charge in [0.2, 0.25) is 0 Å². The highest BCUT2D eigenvalue weighted by molar-refractivity contribution is 5.41. The third-order valence-electron chi connectivity index (χ3n) is 3.28. The Labute approximate surface area is 115 Å². The van der Waals surface area contributed by atoms with Crippen molar-refractivity contribution in [2.75, 3.05) is 13.7 Å². The minimum absolute atomic E-state index is 0.0570. The van der Waals surface area contributed by atoms with Crippen LogP contribution < -0.4 is 10.1 Å². The maximum Gasteiger partial charge on any atom is 0.120 e. The fourth-order valence-electron chi connectivity index (χ4n) is 2.12. The van der Waals surface area contributed by atoms with E-state index in [0.29, 0.717) is 12.3 Å². The first kappa shape index (κ1) is 15.8. The average molecular weight is 267 g/mol. The second-order valence-corrected chi connectivity index (χ2v) is 5.27. The molecule has 0 bridgehead atoms. The van der Waals surface area contributed by atoms with E-state index in [0.717, 1.165) is 18.4 Å². The lowest BCUT2D eigenvalue weighted by Crippen LogP contribution is -2.38. The van der Waals surface area contributed by atoms with E-state index in [4.69, 9.17) is 4.74 Å². The molecular weight excluding hydrogens is 242 g/mol. The highest BCUT2D eigenvalue weighted by Crippen LogP contribution is 2.28. The van der Waals surface area contributed by atoms with Gasteiger partial charge in [-0.05, 0) is 38.5 Å². The number of ether oxygens (including phenoxy) is 1. The van der Waals surface area contributed by atoms with Crippen LogP contribution in [0.1, 0.15) is 45.2 Å². The van der Waals surface area contributed by atoms with Crippen molar-refractivity contribution in [1.82, 2.24) is 5.32 Å². The predicted molar refractivity (Wildman–Crippen MR) is 76.6 cm³/mol. The molecule has 0 fully saturated rings. The van der Waals surface area contributed by atoms with Crippen LogP contribution in [0.3, 0.4) is 0 Å². The Balaban J connectivity index is 2.70. The number of phenolic OH excluding ortho intramolecular Hbond substituents is 1. The molecular formula is C15H25NO3. The van der Waals surface area contributed by atoms with Gasteiger partial charge in [-0.3, -0.25) is 0 Å². The Morgan fingerprint density at radius 1 is 1.42 bits per heavy atom. The zero-order valence-corrected chi connectivity index (χ0v) is 12.2. The minimum atomic E-state index is -0.725. The SMILES string of the molecule is CCCC(C)(O)CNC(C)c1cc(OC)ccc1O. The number of methoxy groups -OCH3 is 1. The summed E-state index contributed by atoms with van der Waals surface area (Å²) >= 11 is 0. The van der Waals surface area contributed by atoms with E-state index in [2.05, 4.69) is 5.32 Å². The van der Waals surface area contributed by atoms with Crippen molar-refractivity contribution in [3.63, 3.8) is 0 Å². The summed E-state index contributed by atoms with van der Waals surface area (Å²) < 4.78 is 5.16. The summed E-state index contributed by atoms with van der Waals surface area (Å²) in [5, 5.41) is 23.3. The van der Waals surface area contributed by atoms with Crippen LogP contribution in [0.5, 0.6) is 11.5 Å². The van der Waals surface area contributed by atoms with E-state index in [1.54, 1.807) is 19.2 Å². The molecule has 0 aliphatic carbocycles. The van der Waals surface area contributed by atoms with Crippen molar-refractivity contribution in [1.29, 1.82) is 0 Å². The number of hydrogen-bond acceptors (Lipinski definition) is 4. The first-order chi connectivity index (χ1) is 8.89. The fourth-order valence-corrected chi connectivity index (χ4v) is 2.12. The molecule has 108 valence electrons. The number of hydrogen-bond donors (Lipinski definition) is 3. The lowest BCUT2D eigenvalue weighted by atomic mass is 9.99. The van der Waals surface area contributed by atoms with Gasteiger partial charge < -0.3 is 20.3 Å². The first-order valence-electron chi connectivity index (χ1n) is 6.72. The Kier molecular flexibility index (Phi) is 5.63. The lowest BCUT2D eigenvalue weighted by Gasteiger charge is -2.26. The van der Waals surface area contributed by atoms with Crippen molar-refractivity contribution < 1.29 is 14.9 Å². The smallest absolute Gasteiger partial charge is 0.120 e. The maximum absolute atomic E-state index is 10.1. The molecule has 19 heavy (non-hydrogen) atoms. The monoisotopic (exact) mass is 267 g/mol. The van der Waals surface area contributed by atoms with E-state index in [9.17, 15) is 10.2 Å². The average Bonchev–Trinajstić information content (AvgIpc) is 2.36. The van der Waals surface area contributed by atoms with Crippen LogP contribution >= 0.6 is 0 Å². The molecule has 2 atom stereocenters. The molecule has 0 spiro atoms. The molecule has 0 saturated heterocycles. The van der Waals surface area contributed by atoms with Gasteiger partial charge >= 0.3 is 0 Å². The molecule has 1 aromatic carbocycles. The number of rotatable bonds is 7. The van der Waals surface area contributed by atoms with Gasteiger partial charge in [0.15, 0.2) is 0 Å². The molecule has 0 aliphatic rings. The third-order valence-corrected chi connectivity index (χ3v) is 3.28. The first-order valence-corrected chi connectivity index (χ1v) is 6.72. The Morgan fingerprint density at radius 2 is 2.11 bits per heavy atom. The molecule has 4 heteroatoms. The zero-order chi connectivity index (χ0) is 14.5. The topological polar surface area (TPSA) is 61.7 Å². The van der Waals surface area contributed by atoms with Crippen molar-refractivity contribution in [3.05, 3.63) is 23.8 Å². The Bertz CT molecular complexity index is 404. The van der Waals surface area contributed by atoms with Crippen molar-refractivity contribution >= 4 is 0 Å². The number of aromatic hydroxyl groups is 1. The molecule has 2 unspecified atom stereocenters. The van der Waals surface area contributed by atoms with Crippen LogP contribution in [-0.4, -0.2) is 29.5 Å². The summed E-state index contributed by atoms with van der Waals surface area (Å²) in [5.41, 5.74) is 0.0453. The van der Waals surface area contributed by atoms with Gasteiger partial charge in [0, 0.05) is 18.2 Å². The molecule has 1 aromatic rings. The largest absolute Gasteiger partial charge is 0.508 e. The van der Waals surface area contributed by atoms with Gasteiger partial charge in [0.05, 0.1) is 12.7 Å². The van der Waals surface area contributed by atoms with Gasteiger partial charge in [-0.15, -0.1) is 0 Å². The van der Waals surface area contributed by atoms with Gasteiger partial charge in [0.1, 0.15) is 11.5 Å². The maximum atomic E-state index is 10.1. The summed E-state index contributed by atoms with van der Waals surface area (Å²) in [6, 6.07) is 5.09. The summed E-state index contributed by atoms with van der Waals surface area (Å²) in [4.78, 5) is 0. The summed E-state index contributed by atoms with van der Waals surface area (Å²) in [6.07, 6.45) is 1.68. The van der Waals surface area contributed by atoms with Crippen LogP contribution in [0.4, 0.5) is 0 Å². The van der Waals surface area contributed by atoms with Crippen LogP contribution in [0.2, 0.25) is 0 Å². The fraction of sp³-hybridized carbons (Fsp3) is 0.600. The van der Waals surface area contributed by atoms with E-state index in [1.165, 1.54) is 0 Å². The van der Waals surface area contributed by atoms with E-state index < -0.39 is 5.60 Å². The second kappa shape index (κ2) is 6.78. The number of aliphatic hydroxyl groups is 1. The van der Waals surface area contributed by atoms with Gasteiger partial charge in [0.25, 0.3) is 0 Å². The van der Waals surface area contributed by atoms with Gasteiger partial charge in [-0.25, -0.2) is 0 Å². The quantitative estimate of drug-likeness (QED) is 0.710. The number of nitrogens with one attached hydrogen (secondary N) is 1. The molecule has 0 heterocycles. The molecule has 4 nitrogen and oxygen atoms in total. The van der Waals surface area contributed by atoms with Gasteiger partial charge in [-0.1, -0.05) is 13.3 Å². The molecule has 0 aromatic heterocycles. The van der Waals surface area contributed by atoms with E-state index >= 15 is 0 Å². The van der Waals surface area contributed by atoms with Crippen molar-refractivity contribution in [3.8, 4) is 11.5 Å². The summed E-state index contributed by atoms with van der Waals surface area (Å²) in [7, 11) is 1.60. The second-order valence-electron chi connectivity index (χ2n) is 5.27. The normalized spacial score (nSPS) is 15.8. The number of benzene rings is 1. The van der Waals surface area contributed by atoms with Crippen LogP contribution in [0.25, 0.3) is 0 Å².